The zero-order chi connectivity index (χ0) is 15.8. The van der Waals surface area contributed by atoms with Crippen molar-refractivity contribution in [2.45, 2.75) is 0 Å². The third-order valence-corrected chi connectivity index (χ3v) is 3.53. The first-order valence-electron chi connectivity index (χ1n) is 6.97. The van der Waals surface area contributed by atoms with Gasteiger partial charge in [-0.15, -0.1) is 0 Å². The number of fused-ring (bicyclic) bond motifs is 1. The average Bonchev–Trinajstić information content (AvgIpc) is 3.14. The van der Waals surface area contributed by atoms with Crippen LogP contribution in [-0.2, 0) is 4.79 Å². The molecule has 0 radical (unpaired) electrons. The first kappa shape index (κ1) is 13.5. The Labute approximate surface area is 131 Å². The van der Waals surface area contributed by atoms with E-state index in [4.69, 9.17) is 9.47 Å². The topological polar surface area (TPSA) is 59.9 Å². The van der Waals surface area contributed by atoms with Crippen LogP contribution in [0.2, 0.25) is 0 Å². The van der Waals surface area contributed by atoms with Crippen LogP contribution in [0.4, 0.5) is 4.39 Å². The molecule has 0 bridgehead atoms. The lowest BCUT2D eigenvalue weighted by Crippen LogP contribution is -2.25. The second-order valence-corrected chi connectivity index (χ2v) is 5.04. The van der Waals surface area contributed by atoms with Gasteiger partial charge < -0.3 is 14.8 Å². The molecule has 0 atom stereocenters. The number of amides is 1. The summed E-state index contributed by atoms with van der Waals surface area (Å²) in [5.41, 5.74) is 1.22. The molecule has 0 unspecified atom stereocenters. The number of rotatable bonds is 2. The maximum atomic E-state index is 13.8. The van der Waals surface area contributed by atoms with Gasteiger partial charge in [0.2, 0.25) is 6.79 Å². The van der Waals surface area contributed by atoms with Crippen LogP contribution in [0.1, 0.15) is 11.1 Å². The molecule has 0 spiro atoms. The van der Waals surface area contributed by atoms with Crippen molar-refractivity contribution in [2.75, 3.05) is 6.79 Å². The molecular formula is C17H11FN2O3. The zero-order valence-corrected chi connectivity index (χ0v) is 11.9. The first-order valence-corrected chi connectivity index (χ1v) is 6.97. The number of nitrogens with one attached hydrogen (secondary N) is 1. The number of halogens is 1. The average molecular weight is 310 g/mol. The summed E-state index contributed by atoms with van der Waals surface area (Å²) < 4.78 is 24.3. The number of amidine groups is 1. The summed E-state index contributed by atoms with van der Waals surface area (Å²) in [4.78, 5) is 16.2. The van der Waals surface area contributed by atoms with Gasteiger partial charge in [0.1, 0.15) is 17.3 Å². The van der Waals surface area contributed by atoms with Gasteiger partial charge in [0.25, 0.3) is 5.91 Å². The highest BCUT2D eigenvalue weighted by Gasteiger charge is 2.23. The van der Waals surface area contributed by atoms with Gasteiger partial charge in [-0.1, -0.05) is 18.2 Å². The normalized spacial score (nSPS) is 17.3. The number of carbonyl (C=O) groups is 1. The summed E-state index contributed by atoms with van der Waals surface area (Å²) >= 11 is 0. The fourth-order valence-corrected chi connectivity index (χ4v) is 2.41. The molecule has 2 aliphatic rings. The van der Waals surface area contributed by atoms with Crippen molar-refractivity contribution in [3.8, 4) is 11.5 Å². The number of aliphatic imine (C=N–C) groups is 1. The van der Waals surface area contributed by atoms with Crippen LogP contribution in [-0.4, -0.2) is 18.5 Å². The third kappa shape index (κ3) is 2.44. The number of hydrogen-bond acceptors (Lipinski definition) is 4. The van der Waals surface area contributed by atoms with Crippen LogP contribution in [0.5, 0.6) is 11.5 Å². The molecule has 5 nitrogen and oxygen atoms in total. The molecular weight excluding hydrogens is 299 g/mol. The Kier molecular flexibility index (Phi) is 3.08. The van der Waals surface area contributed by atoms with Crippen LogP contribution >= 0.6 is 0 Å². The molecule has 0 saturated carbocycles. The van der Waals surface area contributed by atoms with Crippen LogP contribution in [0.3, 0.4) is 0 Å². The van der Waals surface area contributed by atoms with E-state index in [-0.39, 0.29) is 29.8 Å². The summed E-state index contributed by atoms with van der Waals surface area (Å²) in [5.74, 6) is 0.687. The molecule has 1 amide bonds. The lowest BCUT2D eigenvalue weighted by molar-refractivity contribution is -0.115. The molecule has 0 aromatic heterocycles. The van der Waals surface area contributed by atoms with E-state index >= 15 is 0 Å². The molecule has 6 heteroatoms. The summed E-state index contributed by atoms with van der Waals surface area (Å²) in [6, 6.07) is 11.5. The van der Waals surface area contributed by atoms with E-state index in [9.17, 15) is 9.18 Å². The van der Waals surface area contributed by atoms with Crippen LogP contribution in [0.25, 0.3) is 6.08 Å². The summed E-state index contributed by atoms with van der Waals surface area (Å²) in [6.45, 7) is 0.186. The molecule has 4 rings (SSSR count). The second-order valence-electron chi connectivity index (χ2n) is 5.04. The quantitative estimate of drug-likeness (QED) is 0.867. The van der Waals surface area contributed by atoms with E-state index in [1.165, 1.54) is 6.07 Å². The maximum Gasteiger partial charge on any atom is 0.275 e. The predicted octanol–water partition coefficient (Wildman–Crippen LogP) is 2.47. The van der Waals surface area contributed by atoms with E-state index in [1.807, 2.05) is 0 Å². The molecule has 2 aromatic carbocycles. The highest BCUT2D eigenvalue weighted by atomic mass is 19.1. The number of hydrogen-bond donors (Lipinski definition) is 1. The van der Waals surface area contributed by atoms with Crippen molar-refractivity contribution in [3.05, 3.63) is 65.1 Å². The molecule has 0 aliphatic carbocycles. The highest BCUT2D eigenvalue weighted by molar-refractivity contribution is 6.19. The zero-order valence-electron chi connectivity index (χ0n) is 11.9. The van der Waals surface area contributed by atoms with E-state index in [0.717, 1.165) is 5.56 Å². The minimum absolute atomic E-state index is 0.186. The van der Waals surface area contributed by atoms with Crippen molar-refractivity contribution in [3.63, 3.8) is 0 Å². The minimum Gasteiger partial charge on any atom is -0.454 e. The van der Waals surface area contributed by atoms with Crippen molar-refractivity contribution in [1.29, 1.82) is 0 Å². The third-order valence-electron chi connectivity index (χ3n) is 3.53. The molecule has 2 heterocycles. The monoisotopic (exact) mass is 310 g/mol. The molecule has 2 aliphatic heterocycles. The van der Waals surface area contributed by atoms with Crippen LogP contribution < -0.4 is 14.8 Å². The predicted molar refractivity (Wildman–Crippen MR) is 81.6 cm³/mol. The van der Waals surface area contributed by atoms with Crippen LogP contribution in [0, 0.1) is 5.82 Å². The van der Waals surface area contributed by atoms with E-state index in [2.05, 4.69) is 10.3 Å². The SMILES string of the molecule is O=C1NC(c2ccccc2F)=NC1=Cc1ccc2c(c1)OCO2. The molecule has 2 aromatic rings. The Morgan fingerprint density at radius 2 is 1.96 bits per heavy atom. The molecule has 0 fully saturated rings. The first-order chi connectivity index (χ1) is 11.2. The lowest BCUT2D eigenvalue weighted by atomic mass is 10.1. The molecule has 1 N–H and O–H groups in total. The van der Waals surface area contributed by atoms with Crippen molar-refractivity contribution in [1.82, 2.24) is 5.32 Å². The molecule has 23 heavy (non-hydrogen) atoms. The van der Waals surface area contributed by atoms with E-state index in [0.29, 0.717) is 11.5 Å². The van der Waals surface area contributed by atoms with Gasteiger partial charge in [0, 0.05) is 0 Å². The summed E-state index contributed by atoms with van der Waals surface area (Å²) in [5, 5.41) is 2.58. The minimum atomic E-state index is -0.434. The second kappa shape index (κ2) is 5.24. The molecule has 114 valence electrons. The van der Waals surface area contributed by atoms with Gasteiger partial charge in [0.15, 0.2) is 11.5 Å². The number of benzene rings is 2. The van der Waals surface area contributed by atoms with Gasteiger partial charge in [-0.3, -0.25) is 4.79 Å². The van der Waals surface area contributed by atoms with Crippen molar-refractivity contribution >= 4 is 17.8 Å². The Bertz CT molecular complexity index is 874. The van der Waals surface area contributed by atoms with Crippen molar-refractivity contribution < 1.29 is 18.7 Å². The van der Waals surface area contributed by atoms with E-state index < -0.39 is 5.82 Å². The van der Waals surface area contributed by atoms with Gasteiger partial charge in [-0.05, 0) is 35.9 Å². The number of ether oxygens (including phenoxy) is 2. The van der Waals surface area contributed by atoms with Crippen molar-refractivity contribution in [2.24, 2.45) is 4.99 Å². The maximum absolute atomic E-state index is 13.8. The smallest absolute Gasteiger partial charge is 0.275 e. The lowest BCUT2D eigenvalue weighted by Gasteiger charge is -2.00. The van der Waals surface area contributed by atoms with Crippen LogP contribution in [0.15, 0.2) is 53.2 Å². The Balaban J connectivity index is 1.69. The van der Waals surface area contributed by atoms with Gasteiger partial charge in [-0.25, -0.2) is 9.38 Å². The molecule has 0 saturated heterocycles. The summed E-state index contributed by atoms with van der Waals surface area (Å²) in [6.07, 6.45) is 1.62. The largest absolute Gasteiger partial charge is 0.454 e. The fraction of sp³-hybridized carbons (Fsp3) is 0.0588. The van der Waals surface area contributed by atoms with Gasteiger partial charge >= 0.3 is 0 Å². The van der Waals surface area contributed by atoms with E-state index in [1.54, 1.807) is 42.5 Å². The Morgan fingerprint density at radius 1 is 1.13 bits per heavy atom. The summed E-state index contributed by atoms with van der Waals surface area (Å²) in [7, 11) is 0. The Hall–Kier alpha value is -3.15. The van der Waals surface area contributed by atoms with Gasteiger partial charge in [0.05, 0.1) is 5.56 Å². The number of nitrogens with zero attached hydrogens (tertiary/aromatic N) is 1. The van der Waals surface area contributed by atoms with Gasteiger partial charge in [-0.2, -0.15) is 0 Å². The standard InChI is InChI=1S/C17H11FN2O3/c18-12-4-2-1-3-11(12)16-19-13(17(21)20-16)7-10-5-6-14-15(8-10)23-9-22-14/h1-8H,9H2,(H,19,20,21). The Morgan fingerprint density at radius 3 is 2.83 bits per heavy atom. The fourth-order valence-electron chi connectivity index (χ4n) is 2.41. The highest BCUT2D eigenvalue weighted by Crippen LogP contribution is 2.33. The number of carbonyl (C=O) groups excluding carboxylic acids is 1.